The Morgan fingerprint density at radius 2 is 1.71 bits per heavy atom. The van der Waals surface area contributed by atoms with Crippen LogP contribution in [0.4, 0.5) is 0 Å². The van der Waals surface area contributed by atoms with E-state index in [-0.39, 0.29) is 17.9 Å². The molecule has 4 rings (SSSR count). The Bertz CT molecular complexity index is 811. The largest absolute Gasteiger partial charge is 0.485 e. The van der Waals surface area contributed by atoms with Crippen molar-refractivity contribution >= 4 is 5.91 Å². The fraction of sp³-hybridized carbons (Fsp3) is 0.435. The number of benzene rings is 2. The normalized spacial score (nSPS) is 20.0. The molecule has 0 spiro atoms. The van der Waals surface area contributed by atoms with Crippen LogP contribution in [0, 0.1) is 5.92 Å². The number of carbonyl (C=O) groups excluding carboxylic acids is 1. The van der Waals surface area contributed by atoms with Gasteiger partial charge in [-0.25, -0.2) is 0 Å². The third-order valence-corrected chi connectivity index (χ3v) is 5.64. The number of likely N-dealkylation sites (tertiary alicyclic amines) is 1. The Labute approximate surface area is 166 Å². The van der Waals surface area contributed by atoms with Gasteiger partial charge in [-0.15, -0.1) is 0 Å². The van der Waals surface area contributed by atoms with E-state index in [1.807, 2.05) is 38.4 Å². The molecule has 0 aromatic heterocycles. The fourth-order valence-corrected chi connectivity index (χ4v) is 3.98. The quantitative estimate of drug-likeness (QED) is 0.814. The lowest BCUT2D eigenvalue weighted by Crippen LogP contribution is -2.39. The second-order valence-corrected chi connectivity index (χ2v) is 7.89. The number of amides is 1. The fourth-order valence-electron chi connectivity index (χ4n) is 3.98. The van der Waals surface area contributed by atoms with Gasteiger partial charge in [0.05, 0.1) is 0 Å². The minimum atomic E-state index is -0.0725. The highest BCUT2D eigenvalue weighted by Crippen LogP contribution is 2.35. The van der Waals surface area contributed by atoms with E-state index in [1.54, 1.807) is 4.90 Å². The number of fused-ring (bicyclic) bond motifs is 1. The first-order valence-corrected chi connectivity index (χ1v) is 10.0. The van der Waals surface area contributed by atoms with E-state index in [2.05, 4.69) is 29.2 Å². The summed E-state index contributed by atoms with van der Waals surface area (Å²) in [6.07, 6.45) is 1.82. The van der Waals surface area contributed by atoms with Gasteiger partial charge in [-0.2, -0.15) is 0 Å². The first-order chi connectivity index (χ1) is 13.6. The maximum Gasteiger partial charge on any atom is 0.225 e. The maximum absolute atomic E-state index is 12.1. The van der Waals surface area contributed by atoms with Gasteiger partial charge < -0.3 is 14.4 Å². The van der Waals surface area contributed by atoms with Crippen molar-refractivity contribution in [2.24, 2.45) is 5.92 Å². The van der Waals surface area contributed by atoms with Gasteiger partial charge in [-0.1, -0.05) is 36.4 Å². The van der Waals surface area contributed by atoms with Gasteiger partial charge >= 0.3 is 0 Å². The maximum atomic E-state index is 12.1. The highest BCUT2D eigenvalue weighted by Gasteiger charge is 2.26. The summed E-state index contributed by atoms with van der Waals surface area (Å²) in [7, 11) is 3.69. The molecule has 5 heteroatoms. The van der Waals surface area contributed by atoms with E-state index in [9.17, 15) is 4.79 Å². The standard InChI is InChI=1S/C23H28N2O3/c1-24(2)23(26)19-11-13-25(14-12-19)15-17-7-9-18(10-8-17)22-16-27-20-5-3-4-6-21(20)28-22/h3-10,19,22H,11-16H2,1-2H3/t22-/m1/s1. The Balaban J connectivity index is 1.32. The molecule has 0 N–H and O–H groups in total. The average Bonchev–Trinajstić information content (AvgIpc) is 2.74. The van der Waals surface area contributed by atoms with Gasteiger partial charge in [-0.05, 0) is 49.2 Å². The van der Waals surface area contributed by atoms with Crippen LogP contribution in [-0.2, 0) is 11.3 Å². The lowest BCUT2D eigenvalue weighted by atomic mass is 9.95. The van der Waals surface area contributed by atoms with Gasteiger partial charge in [0.15, 0.2) is 17.6 Å². The lowest BCUT2D eigenvalue weighted by Gasteiger charge is -2.32. The Morgan fingerprint density at radius 1 is 1.04 bits per heavy atom. The molecule has 0 bridgehead atoms. The minimum Gasteiger partial charge on any atom is -0.485 e. The Morgan fingerprint density at radius 3 is 2.39 bits per heavy atom. The predicted molar refractivity (Wildman–Crippen MR) is 108 cm³/mol. The van der Waals surface area contributed by atoms with Crippen LogP contribution in [0.1, 0.15) is 30.1 Å². The summed E-state index contributed by atoms with van der Waals surface area (Å²) in [6, 6.07) is 16.4. The summed E-state index contributed by atoms with van der Waals surface area (Å²) in [4.78, 5) is 16.3. The summed E-state index contributed by atoms with van der Waals surface area (Å²) in [6.45, 7) is 3.41. The van der Waals surface area contributed by atoms with E-state index in [1.165, 1.54) is 5.56 Å². The van der Waals surface area contributed by atoms with Gasteiger partial charge in [-0.3, -0.25) is 9.69 Å². The number of nitrogens with zero attached hydrogens (tertiary/aromatic N) is 2. The lowest BCUT2D eigenvalue weighted by molar-refractivity contribution is -0.134. The zero-order valence-corrected chi connectivity index (χ0v) is 16.6. The molecule has 2 aromatic rings. The van der Waals surface area contributed by atoms with E-state index < -0.39 is 0 Å². The summed E-state index contributed by atoms with van der Waals surface area (Å²) >= 11 is 0. The molecule has 2 heterocycles. The Hall–Kier alpha value is -2.53. The topological polar surface area (TPSA) is 42.0 Å². The average molecular weight is 380 g/mol. The SMILES string of the molecule is CN(C)C(=O)C1CCN(Cc2ccc([C@H]3COc4ccccc4O3)cc2)CC1. The van der Waals surface area contributed by atoms with Crippen molar-refractivity contribution in [3.8, 4) is 11.5 Å². The zero-order valence-electron chi connectivity index (χ0n) is 16.6. The van der Waals surface area contributed by atoms with Gasteiger partial charge in [0, 0.05) is 26.6 Å². The van der Waals surface area contributed by atoms with E-state index in [0.717, 1.165) is 49.5 Å². The van der Waals surface area contributed by atoms with E-state index in [0.29, 0.717) is 6.61 Å². The molecule has 0 unspecified atom stereocenters. The minimum absolute atomic E-state index is 0.0725. The molecule has 2 aliphatic rings. The van der Waals surface area contributed by atoms with Crippen LogP contribution in [0.5, 0.6) is 11.5 Å². The Kier molecular flexibility index (Phi) is 5.53. The van der Waals surface area contributed by atoms with Crippen LogP contribution >= 0.6 is 0 Å². The number of hydrogen-bond acceptors (Lipinski definition) is 4. The van der Waals surface area contributed by atoms with Crippen molar-refractivity contribution in [3.05, 3.63) is 59.7 Å². The number of hydrogen-bond donors (Lipinski definition) is 0. The van der Waals surface area contributed by atoms with Crippen molar-refractivity contribution in [2.45, 2.75) is 25.5 Å². The summed E-state index contributed by atoms with van der Waals surface area (Å²) in [5, 5.41) is 0. The number of ether oxygens (including phenoxy) is 2. The first-order valence-electron chi connectivity index (χ1n) is 10.0. The number of piperidine rings is 1. The molecule has 1 amide bonds. The molecule has 1 saturated heterocycles. The zero-order chi connectivity index (χ0) is 19.5. The molecule has 0 aliphatic carbocycles. The molecule has 0 saturated carbocycles. The molecule has 5 nitrogen and oxygen atoms in total. The van der Waals surface area contributed by atoms with Crippen LogP contribution in [-0.4, -0.2) is 49.5 Å². The smallest absolute Gasteiger partial charge is 0.225 e. The first kappa shape index (κ1) is 18.8. The van der Waals surface area contributed by atoms with Crippen molar-refractivity contribution in [1.82, 2.24) is 9.80 Å². The van der Waals surface area contributed by atoms with Gasteiger partial charge in [0.25, 0.3) is 0 Å². The van der Waals surface area contributed by atoms with Crippen molar-refractivity contribution in [1.29, 1.82) is 0 Å². The molecule has 1 fully saturated rings. The van der Waals surface area contributed by atoms with E-state index >= 15 is 0 Å². The molecular formula is C23H28N2O3. The van der Waals surface area contributed by atoms with Gasteiger partial charge in [0.1, 0.15) is 6.61 Å². The molecule has 2 aromatic carbocycles. The second-order valence-electron chi connectivity index (χ2n) is 7.89. The van der Waals surface area contributed by atoms with Crippen LogP contribution < -0.4 is 9.47 Å². The van der Waals surface area contributed by atoms with E-state index in [4.69, 9.17) is 9.47 Å². The summed E-state index contributed by atoms with van der Waals surface area (Å²) in [5.74, 6) is 2.06. The highest BCUT2D eigenvalue weighted by atomic mass is 16.6. The van der Waals surface area contributed by atoms with Gasteiger partial charge in [0.2, 0.25) is 5.91 Å². The van der Waals surface area contributed by atoms with Crippen LogP contribution in [0.2, 0.25) is 0 Å². The summed E-state index contributed by atoms with van der Waals surface area (Å²) in [5.41, 5.74) is 2.42. The molecule has 1 atom stereocenters. The predicted octanol–water partition coefficient (Wildman–Crippen LogP) is 3.50. The van der Waals surface area contributed by atoms with Crippen molar-refractivity contribution < 1.29 is 14.3 Å². The second kappa shape index (κ2) is 8.23. The molecular weight excluding hydrogens is 352 g/mol. The van der Waals surface area contributed by atoms with Crippen LogP contribution in [0.25, 0.3) is 0 Å². The molecule has 148 valence electrons. The number of rotatable bonds is 4. The monoisotopic (exact) mass is 380 g/mol. The highest BCUT2D eigenvalue weighted by molar-refractivity contribution is 5.78. The number of para-hydroxylation sites is 2. The molecule has 0 radical (unpaired) electrons. The number of carbonyl (C=O) groups is 1. The van der Waals surface area contributed by atoms with Crippen molar-refractivity contribution in [3.63, 3.8) is 0 Å². The summed E-state index contributed by atoms with van der Waals surface area (Å²) < 4.78 is 11.9. The van der Waals surface area contributed by atoms with Crippen molar-refractivity contribution in [2.75, 3.05) is 33.8 Å². The third kappa shape index (κ3) is 4.14. The molecule has 28 heavy (non-hydrogen) atoms. The van der Waals surface area contributed by atoms with Crippen LogP contribution in [0.15, 0.2) is 48.5 Å². The molecule has 2 aliphatic heterocycles. The third-order valence-electron chi connectivity index (χ3n) is 5.64. The van der Waals surface area contributed by atoms with Crippen LogP contribution in [0.3, 0.4) is 0 Å².